The molecule has 214 valence electrons. The fourth-order valence-electron chi connectivity index (χ4n) is 4.04. The first kappa shape index (κ1) is 31.4. The third-order valence-corrected chi connectivity index (χ3v) is 6.83. The van der Waals surface area contributed by atoms with Gasteiger partial charge in [-0.05, 0) is 70.0 Å². The number of nitrogens with zero attached hydrogens (tertiary/aromatic N) is 3. The molecule has 3 heterocycles. The Kier molecular flexibility index (Phi) is 10.6. The zero-order chi connectivity index (χ0) is 29.5. The van der Waals surface area contributed by atoms with E-state index in [1.807, 2.05) is 28.9 Å². The molecule has 0 radical (unpaired) electrons. The Labute approximate surface area is 235 Å². The minimum absolute atomic E-state index is 0.00792. The fourth-order valence-corrected chi connectivity index (χ4v) is 4.04. The first-order valence-electron chi connectivity index (χ1n) is 13.2. The van der Waals surface area contributed by atoms with Gasteiger partial charge in [0, 0.05) is 20.5 Å². The van der Waals surface area contributed by atoms with Gasteiger partial charge in [-0.15, -0.1) is 5.10 Å². The Morgan fingerprint density at radius 1 is 1.00 bits per heavy atom. The summed E-state index contributed by atoms with van der Waals surface area (Å²) >= 11 is 0. The first-order chi connectivity index (χ1) is 18.8. The van der Waals surface area contributed by atoms with Crippen LogP contribution in [0.15, 0.2) is 48.5 Å². The van der Waals surface area contributed by atoms with Crippen molar-refractivity contribution in [1.29, 1.82) is 0 Å². The van der Waals surface area contributed by atoms with Gasteiger partial charge in [-0.1, -0.05) is 41.6 Å². The van der Waals surface area contributed by atoms with Gasteiger partial charge < -0.3 is 28.8 Å². The van der Waals surface area contributed by atoms with E-state index in [-0.39, 0.29) is 24.5 Å². The van der Waals surface area contributed by atoms with Gasteiger partial charge in [-0.2, -0.15) is 0 Å². The third-order valence-electron chi connectivity index (χ3n) is 6.83. The molecule has 2 aliphatic heterocycles. The standard InChI is InChI=1S/C17H24BN3O3.C6H7BO2.C4H6O3/c1-16(2)17(3,4)24-18(23-16)12-8-9-14-13(11-12)19-20-21(14)15-7-5-6-10-22-15;8-7(9)6-4-2-1-3-5-6;1-3(5)7-4(2)6/h8-9,11,15H,5-7,10H2,1-4H3;1-5,8-9H;1-2H3. The maximum atomic E-state index is 9.81. The van der Waals surface area contributed by atoms with Crippen molar-refractivity contribution >= 4 is 48.1 Å². The van der Waals surface area contributed by atoms with Gasteiger partial charge in [0.2, 0.25) is 0 Å². The van der Waals surface area contributed by atoms with Gasteiger partial charge in [0.25, 0.3) is 0 Å². The Bertz CT molecular complexity index is 1250. The van der Waals surface area contributed by atoms with Crippen molar-refractivity contribution in [2.75, 3.05) is 6.61 Å². The molecular formula is C27H37B2N3O8. The van der Waals surface area contributed by atoms with Crippen molar-refractivity contribution in [3.05, 3.63) is 48.5 Å². The van der Waals surface area contributed by atoms with E-state index < -0.39 is 19.1 Å². The summed E-state index contributed by atoms with van der Waals surface area (Å²) in [6.07, 6.45) is 3.26. The number of hydrogen-bond acceptors (Lipinski definition) is 10. The molecule has 1 unspecified atom stereocenters. The lowest BCUT2D eigenvalue weighted by Gasteiger charge is -2.32. The topological polar surface area (TPSA) is 142 Å². The molecule has 3 aromatic rings. The van der Waals surface area contributed by atoms with Gasteiger partial charge in [-0.25, -0.2) is 4.68 Å². The Balaban J connectivity index is 0.000000227. The predicted molar refractivity (Wildman–Crippen MR) is 151 cm³/mol. The summed E-state index contributed by atoms with van der Waals surface area (Å²) in [7, 11) is -1.72. The SMILES string of the molecule is CC(=O)OC(C)=O.CC1(C)OB(c2ccc3c(c2)nnn3C2CCCCO2)OC1(C)C.OB(O)c1ccccc1. The van der Waals surface area contributed by atoms with Crippen LogP contribution in [-0.4, -0.2) is 69.0 Å². The van der Waals surface area contributed by atoms with Crippen molar-refractivity contribution in [2.24, 2.45) is 0 Å². The van der Waals surface area contributed by atoms with Crippen LogP contribution in [0.2, 0.25) is 0 Å². The molecule has 5 rings (SSSR count). The van der Waals surface area contributed by atoms with Gasteiger partial charge in [0.05, 0.1) is 16.7 Å². The smallest absolute Gasteiger partial charge is 0.423 e. The highest BCUT2D eigenvalue weighted by molar-refractivity contribution is 6.62. The minimum Gasteiger partial charge on any atom is -0.423 e. The average Bonchev–Trinajstić information content (AvgIpc) is 3.41. The maximum absolute atomic E-state index is 9.81. The molecule has 1 aromatic heterocycles. The van der Waals surface area contributed by atoms with E-state index in [0.29, 0.717) is 5.46 Å². The van der Waals surface area contributed by atoms with E-state index in [1.165, 1.54) is 13.8 Å². The highest BCUT2D eigenvalue weighted by Crippen LogP contribution is 2.36. The molecule has 13 heteroatoms. The summed E-state index contributed by atoms with van der Waals surface area (Å²) in [5, 5.41) is 25.8. The largest absolute Gasteiger partial charge is 0.494 e. The van der Waals surface area contributed by atoms with Crippen LogP contribution in [0, 0.1) is 0 Å². The van der Waals surface area contributed by atoms with Crippen molar-refractivity contribution in [3.8, 4) is 0 Å². The first-order valence-corrected chi connectivity index (χ1v) is 13.2. The molecule has 2 N–H and O–H groups in total. The Morgan fingerprint density at radius 3 is 2.10 bits per heavy atom. The normalized spacial score (nSPS) is 19.1. The van der Waals surface area contributed by atoms with E-state index >= 15 is 0 Å². The van der Waals surface area contributed by atoms with Gasteiger partial charge in [0.15, 0.2) is 6.23 Å². The Morgan fingerprint density at radius 2 is 1.62 bits per heavy atom. The van der Waals surface area contributed by atoms with Crippen molar-refractivity contribution in [3.63, 3.8) is 0 Å². The molecule has 2 aromatic carbocycles. The molecule has 0 saturated carbocycles. The molecule has 0 bridgehead atoms. The van der Waals surface area contributed by atoms with E-state index in [4.69, 9.17) is 24.1 Å². The number of benzene rings is 2. The molecule has 2 aliphatic rings. The average molecular weight is 553 g/mol. The van der Waals surface area contributed by atoms with E-state index in [0.717, 1.165) is 42.4 Å². The molecule has 0 amide bonds. The van der Waals surface area contributed by atoms with Crippen LogP contribution in [0.4, 0.5) is 0 Å². The zero-order valence-corrected chi connectivity index (χ0v) is 23.9. The fraction of sp³-hybridized carbons (Fsp3) is 0.481. The lowest BCUT2D eigenvalue weighted by molar-refractivity contribution is -0.156. The monoisotopic (exact) mass is 553 g/mol. The molecule has 0 spiro atoms. The summed E-state index contributed by atoms with van der Waals surface area (Å²) in [6, 6.07) is 14.7. The van der Waals surface area contributed by atoms with E-state index in [2.05, 4.69) is 42.7 Å². The highest BCUT2D eigenvalue weighted by Gasteiger charge is 2.51. The second-order valence-corrected chi connectivity index (χ2v) is 10.6. The maximum Gasteiger partial charge on any atom is 0.494 e. The second kappa shape index (κ2) is 13.5. The minimum atomic E-state index is -1.34. The van der Waals surface area contributed by atoms with Crippen LogP contribution in [0.1, 0.15) is 67.0 Å². The van der Waals surface area contributed by atoms with Crippen LogP contribution in [0.5, 0.6) is 0 Å². The zero-order valence-electron chi connectivity index (χ0n) is 23.9. The van der Waals surface area contributed by atoms with Crippen LogP contribution in [-0.2, 0) is 28.4 Å². The molecule has 11 nitrogen and oxygen atoms in total. The van der Waals surface area contributed by atoms with Crippen LogP contribution >= 0.6 is 0 Å². The third kappa shape index (κ3) is 8.21. The number of fused-ring (bicyclic) bond motifs is 1. The summed E-state index contributed by atoms with van der Waals surface area (Å²) in [5.74, 6) is -1.12. The number of esters is 2. The van der Waals surface area contributed by atoms with Crippen molar-refractivity contribution < 1.29 is 38.4 Å². The van der Waals surface area contributed by atoms with Gasteiger partial charge >= 0.3 is 26.2 Å². The molecule has 2 fully saturated rings. The number of carbonyl (C=O) groups is 2. The quantitative estimate of drug-likeness (QED) is 0.281. The van der Waals surface area contributed by atoms with Crippen molar-refractivity contribution in [2.45, 2.75) is 78.2 Å². The van der Waals surface area contributed by atoms with E-state index in [9.17, 15) is 9.59 Å². The lowest BCUT2D eigenvalue weighted by Crippen LogP contribution is -2.41. The number of carbonyl (C=O) groups excluding carboxylic acids is 2. The van der Waals surface area contributed by atoms with E-state index in [1.54, 1.807) is 24.3 Å². The molecule has 1 atom stereocenters. The highest BCUT2D eigenvalue weighted by atomic mass is 16.7. The van der Waals surface area contributed by atoms with Crippen molar-refractivity contribution in [1.82, 2.24) is 15.0 Å². The Hall–Kier alpha value is -3.09. The summed E-state index contributed by atoms with van der Waals surface area (Å²) in [6.45, 7) is 11.4. The van der Waals surface area contributed by atoms with Crippen LogP contribution < -0.4 is 10.9 Å². The second-order valence-electron chi connectivity index (χ2n) is 10.6. The molecule has 2 saturated heterocycles. The predicted octanol–water partition coefficient (Wildman–Crippen LogP) is 1.89. The van der Waals surface area contributed by atoms with Crippen LogP contribution in [0.25, 0.3) is 11.0 Å². The van der Waals surface area contributed by atoms with Gasteiger partial charge in [0.1, 0.15) is 5.52 Å². The summed E-state index contributed by atoms with van der Waals surface area (Å²) in [4.78, 5) is 19.6. The molecular weight excluding hydrogens is 516 g/mol. The van der Waals surface area contributed by atoms with Crippen LogP contribution in [0.3, 0.4) is 0 Å². The summed E-state index contributed by atoms with van der Waals surface area (Å²) < 4.78 is 23.9. The lowest BCUT2D eigenvalue weighted by atomic mass is 9.79. The number of rotatable bonds is 3. The number of aromatic nitrogens is 3. The number of hydrogen-bond donors (Lipinski definition) is 2. The summed E-state index contributed by atoms with van der Waals surface area (Å²) in [5.41, 5.74) is 2.63. The molecule has 0 aliphatic carbocycles. The molecule has 40 heavy (non-hydrogen) atoms. The van der Waals surface area contributed by atoms with Gasteiger partial charge in [-0.3, -0.25) is 9.59 Å². The number of ether oxygens (including phenoxy) is 2.